The van der Waals surface area contributed by atoms with Crippen molar-refractivity contribution in [3.63, 3.8) is 0 Å². The molecule has 0 bridgehead atoms. The number of rotatable bonds is 3. The van der Waals surface area contributed by atoms with Gasteiger partial charge in [0.15, 0.2) is 11.5 Å². The SMILES string of the molecule is Cc1ccc(Nc2nc(-c3ccc(O)c(O)c3)cs2)[nH+]c1. The van der Waals surface area contributed by atoms with E-state index in [4.69, 9.17) is 0 Å². The maximum atomic E-state index is 9.53. The minimum Gasteiger partial charge on any atom is -0.504 e. The summed E-state index contributed by atoms with van der Waals surface area (Å²) in [6.45, 7) is 2.01. The number of H-pyrrole nitrogens is 1. The first kappa shape index (κ1) is 13.4. The fourth-order valence-corrected chi connectivity index (χ4v) is 2.57. The maximum absolute atomic E-state index is 9.53. The van der Waals surface area contributed by atoms with E-state index >= 15 is 0 Å². The number of phenolic OH excluding ortho intramolecular Hbond substituents is 2. The molecule has 0 aliphatic carbocycles. The molecule has 3 aromatic rings. The number of nitrogens with one attached hydrogen (secondary N) is 2. The lowest BCUT2D eigenvalue weighted by atomic mass is 10.1. The second kappa shape index (κ2) is 5.41. The Morgan fingerprint density at radius 1 is 1.14 bits per heavy atom. The van der Waals surface area contributed by atoms with Crippen molar-refractivity contribution in [1.29, 1.82) is 0 Å². The predicted molar refractivity (Wildman–Crippen MR) is 81.9 cm³/mol. The Morgan fingerprint density at radius 3 is 2.71 bits per heavy atom. The van der Waals surface area contributed by atoms with Crippen LogP contribution in [0.1, 0.15) is 5.56 Å². The second-order valence-corrected chi connectivity index (χ2v) is 5.50. The molecule has 0 aliphatic heterocycles. The summed E-state index contributed by atoms with van der Waals surface area (Å²) >= 11 is 1.47. The number of aryl methyl sites for hydroxylation is 1. The number of aromatic nitrogens is 2. The van der Waals surface area contributed by atoms with Crippen molar-refractivity contribution in [1.82, 2.24) is 4.98 Å². The highest BCUT2D eigenvalue weighted by atomic mass is 32.1. The molecule has 4 N–H and O–H groups in total. The first-order valence-electron chi connectivity index (χ1n) is 6.35. The molecule has 0 saturated carbocycles. The highest BCUT2D eigenvalue weighted by Gasteiger charge is 2.11. The fraction of sp³-hybridized carbons (Fsp3) is 0.0667. The molecule has 2 heterocycles. The van der Waals surface area contributed by atoms with Crippen LogP contribution in [0.3, 0.4) is 0 Å². The van der Waals surface area contributed by atoms with Gasteiger partial charge < -0.3 is 10.2 Å². The van der Waals surface area contributed by atoms with Gasteiger partial charge in [-0.1, -0.05) is 11.3 Å². The third-order valence-electron chi connectivity index (χ3n) is 2.99. The van der Waals surface area contributed by atoms with Crippen molar-refractivity contribution in [3.8, 4) is 22.8 Å². The van der Waals surface area contributed by atoms with Gasteiger partial charge in [0.2, 0.25) is 0 Å². The second-order valence-electron chi connectivity index (χ2n) is 4.65. The normalized spacial score (nSPS) is 10.5. The van der Waals surface area contributed by atoms with Crippen LogP contribution in [-0.2, 0) is 0 Å². The standard InChI is InChI=1S/C15H13N3O2S/c1-9-2-5-14(16-7-9)18-15-17-11(8-21-15)10-3-4-12(19)13(20)6-10/h2-8,19-20H,1H3,(H,16,17,18)/p+1. The Morgan fingerprint density at radius 2 is 2.00 bits per heavy atom. The number of aromatic amines is 1. The van der Waals surface area contributed by atoms with E-state index in [1.807, 2.05) is 30.6 Å². The molecule has 0 saturated heterocycles. The monoisotopic (exact) mass is 300 g/mol. The van der Waals surface area contributed by atoms with Crippen molar-refractivity contribution < 1.29 is 15.2 Å². The van der Waals surface area contributed by atoms with Crippen LogP contribution >= 0.6 is 11.3 Å². The van der Waals surface area contributed by atoms with E-state index in [1.165, 1.54) is 23.5 Å². The van der Waals surface area contributed by atoms with Crippen molar-refractivity contribution in [3.05, 3.63) is 47.5 Å². The zero-order valence-electron chi connectivity index (χ0n) is 11.3. The molecule has 0 amide bonds. The van der Waals surface area contributed by atoms with Gasteiger partial charge >= 0.3 is 0 Å². The van der Waals surface area contributed by atoms with E-state index in [2.05, 4.69) is 15.3 Å². The van der Waals surface area contributed by atoms with E-state index in [0.717, 1.165) is 27.8 Å². The molecule has 5 nitrogen and oxygen atoms in total. The van der Waals surface area contributed by atoms with Gasteiger partial charge in [0.05, 0.1) is 11.9 Å². The first-order valence-corrected chi connectivity index (χ1v) is 7.23. The van der Waals surface area contributed by atoms with Gasteiger partial charge in [0, 0.05) is 17.0 Å². The minimum absolute atomic E-state index is 0.137. The van der Waals surface area contributed by atoms with E-state index in [-0.39, 0.29) is 11.5 Å². The third kappa shape index (κ3) is 2.95. The smallest absolute Gasteiger partial charge is 0.279 e. The number of aromatic hydroxyl groups is 2. The van der Waals surface area contributed by atoms with Crippen LogP contribution < -0.4 is 10.3 Å². The van der Waals surface area contributed by atoms with Crippen molar-refractivity contribution >= 4 is 22.3 Å². The Kier molecular flexibility index (Phi) is 3.45. The lowest BCUT2D eigenvalue weighted by molar-refractivity contribution is -0.361. The Labute approximate surface area is 125 Å². The molecular weight excluding hydrogens is 286 g/mol. The first-order chi connectivity index (χ1) is 10.1. The zero-order valence-corrected chi connectivity index (χ0v) is 12.1. The molecule has 2 aromatic heterocycles. The van der Waals surface area contributed by atoms with Gasteiger partial charge in [0.1, 0.15) is 0 Å². The highest BCUT2D eigenvalue weighted by molar-refractivity contribution is 7.14. The van der Waals surface area contributed by atoms with Gasteiger partial charge in [-0.3, -0.25) is 0 Å². The number of benzene rings is 1. The third-order valence-corrected chi connectivity index (χ3v) is 3.74. The number of phenols is 2. The lowest BCUT2D eigenvalue weighted by Crippen LogP contribution is -2.09. The fourth-order valence-electron chi connectivity index (χ4n) is 1.84. The van der Waals surface area contributed by atoms with E-state index in [9.17, 15) is 10.2 Å². The average molecular weight is 300 g/mol. The minimum atomic E-state index is -0.151. The summed E-state index contributed by atoms with van der Waals surface area (Å²) in [5.41, 5.74) is 2.65. The molecule has 3 rings (SSSR count). The summed E-state index contributed by atoms with van der Waals surface area (Å²) in [4.78, 5) is 7.60. The molecule has 21 heavy (non-hydrogen) atoms. The number of nitrogens with zero attached hydrogens (tertiary/aromatic N) is 1. The van der Waals surface area contributed by atoms with Crippen LogP contribution in [0.5, 0.6) is 11.5 Å². The summed E-state index contributed by atoms with van der Waals surface area (Å²) in [7, 11) is 0. The van der Waals surface area contributed by atoms with Gasteiger partial charge in [-0.05, 0) is 36.8 Å². The summed E-state index contributed by atoms with van der Waals surface area (Å²) in [5.74, 6) is 0.568. The van der Waals surface area contributed by atoms with Crippen LogP contribution in [0.2, 0.25) is 0 Å². The van der Waals surface area contributed by atoms with E-state index in [0.29, 0.717) is 0 Å². The highest BCUT2D eigenvalue weighted by Crippen LogP contribution is 2.32. The van der Waals surface area contributed by atoms with Crippen LogP contribution in [0.4, 0.5) is 10.9 Å². The number of hydrogen-bond donors (Lipinski definition) is 3. The molecule has 1 aromatic carbocycles. The van der Waals surface area contributed by atoms with Crippen LogP contribution in [-0.4, -0.2) is 15.2 Å². The molecule has 0 radical (unpaired) electrons. The van der Waals surface area contributed by atoms with Crippen molar-refractivity contribution in [2.24, 2.45) is 0 Å². The number of hydrogen-bond acceptors (Lipinski definition) is 5. The number of thiazole rings is 1. The lowest BCUT2D eigenvalue weighted by Gasteiger charge is -2.00. The molecule has 6 heteroatoms. The molecule has 0 spiro atoms. The average Bonchev–Trinajstić information content (AvgIpc) is 2.93. The zero-order chi connectivity index (χ0) is 14.8. The van der Waals surface area contributed by atoms with Crippen molar-refractivity contribution in [2.75, 3.05) is 5.32 Å². The quantitative estimate of drug-likeness (QED) is 0.649. The van der Waals surface area contributed by atoms with Gasteiger partial charge in [-0.15, -0.1) is 0 Å². The van der Waals surface area contributed by atoms with Crippen molar-refractivity contribution in [2.45, 2.75) is 6.92 Å². The Hall–Kier alpha value is -2.60. The maximum Gasteiger partial charge on any atom is 0.279 e. The molecule has 0 atom stereocenters. The van der Waals surface area contributed by atoms with Crippen LogP contribution in [0.15, 0.2) is 41.9 Å². The van der Waals surface area contributed by atoms with Crippen LogP contribution in [0, 0.1) is 6.92 Å². The molecule has 106 valence electrons. The largest absolute Gasteiger partial charge is 0.504 e. The summed E-state index contributed by atoms with van der Waals surface area (Å²) in [6, 6.07) is 8.61. The summed E-state index contributed by atoms with van der Waals surface area (Å²) in [6.07, 6.45) is 1.91. The van der Waals surface area contributed by atoms with Gasteiger partial charge in [-0.2, -0.15) is 4.98 Å². The molecule has 0 aliphatic rings. The van der Waals surface area contributed by atoms with Crippen LogP contribution in [0.25, 0.3) is 11.3 Å². The molecular formula is C15H14N3O2S+. The molecule has 0 fully saturated rings. The molecule has 0 unspecified atom stereocenters. The Balaban J connectivity index is 1.82. The van der Waals surface area contributed by atoms with E-state index < -0.39 is 0 Å². The number of anilines is 2. The number of pyridine rings is 1. The topological polar surface area (TPSA) is 79.5 Å². The summed E-state index contributed by atoms with van der Waals surface area (Å²) < 4.78 is 0. The predicted octanol–water partition coefficient (Wildman–Crippen LogP) is 3.09. The van der Waals surface area contributed by atoms with E-state index in [1.54, 1.807) is 6.07 Å². The van der Waals surface area contributed by atoms with Gasteiger partial charge in [0.25, 0.3) is 10.9 Å². The van der Waals surface area contributed by atoms with Gasteiger partial charge in [-0.25, -0.2) is 10.3 Å². The Bertz CT molecular complexity index is 769. The summed E-state index contributed by atoms with van der Waals surface area (Å²) in [5, 5.41) is 24.7.